The number of nitrogens with two attached hydrogens (primary N) is 1. The molecule has 0 aliphatic rings. The van der Waals surface area contributed by atoms with Gasteiger partial charge in [0.1, 0.15) is 5.60 Å². The van der Waals surface area contributed by atoms with Crippen LogP contribution in [-0.2, 0) is 9.53 Å². The first-order valence-corrected chi connectivity index (χ1v) is 7.85. The fourth-order valence-corrected chi connectivity index (χ4v) is 2.12. The van der Waals surface area contributed by atoms with Crippen molar-refractivity contribution < 1.29 is 14.3 Å². The lowest BCUT2D eigenvalue weighted by Gasteiger charge is -2.19. The molecular formula is C15H21Cl2N3O3. The van der Waals surface area contributed by atoms with Crippen LogP contribution in [0.2, 0.25) is 10.0 Å². The van der Waals surface area contributed by atoms with Gasteiger partial charge in [0.2, 0.25) is 5.91 Å². The van der Waals surface area contributed by atoms with Gasteiger partial charge in [0.15, 0.2) is 0 Å². The van der Waals surface area contributed by atoms with E-state index in [1.807, 2.05) is 0 Å². The molecule has 6 nitrogen and oxygen atoms in total. The number of anilines is 2. The zero-order chi connectivity index (χ0) is 17.6. The van der Waals surface area contributed by atoms with Crippen LogP contribution < -0.4 is 16.4 Å². The van der Waals surface area contributed by atoms with Crippen molar-refractivity contribution in [2.75, 3.05) is 17.6 Å². The maximum atomic E-state index is 11.8. The molecule has 1 rings (SSSR count). The number of ether oxygens (including phenoxy) is 1. The molecule has 0 saturated carbocycles. The van der Waals surface area contributed by atoms with E-state index in [1.54, 1.807) is 20.8 Å². The lowest BCUT2D eigenvalue weighted by molar-refractivity contribution is -0.116. The maximum absolute atomic E-state index is 11.8. The van der Waals surface area contributed by atoms with Crippen LogP contribution in [0.25, 0.3) is 0 Å². The van der Waals surface area contributed by atoms with Gasteiger partial charge in [0.25, 0.3) is 0 Å². The molecule has 0 aromatic heterocycles. The van der Waals surface area contributed by atoms with Gasteiger partial charge < -0.3 is 21.1 Å². The number of benzene rings is 1. The lowest BCUT2D eigenvalue weighted by Crippen LogP contribution is -2.33. The second kappa shape index (κ2) is 8.26. The van der Waals surface area contributed by atoms with E-state index in [-0.39, 0.29) is 28.1 Å². The summed E-state index contributed by atoms with van der Waals surface area (Å²) in [4.78, 5) is 23.2. The number of nitrogen functional groups attached to an aromatic ring is 1. The number of carbonyl (C=O) groups excluding carboxylic acids is 2. The minimum absolute atomic E-state index is 0.215. The molecule has 1 aromatic rings. The van der Waals surface area contributed by atoms with Crippen LogP contribution in [0.1, 0.15) is 33.6 Å². The van der Waals surface area contributed by atoms with Gasteiger partial charge in [-0.25, -0.2) is 4.79 Å². The van der Waals surface area contributed by atoms with Crippen LogP contribution in [0, 0.1) is 0 Å². The van der Waals surface area contributed by atoms with Gasteiger partial charge in [-0.2, -0.15) is 0 Å². The monoisotopic (exact) mass is 361 g/mol. The van der Waals surface area contributed by atoms with Crippen molar-refractivity contribution in [2.45, 2.75) is 39.2 Å². The van der Waals surface area contributed by atoms with Crippen molar-refractivity contribution in [3.63, 3.8) is 0 Å². The molecule has 23 heavy (non-hydrogen) atoms. The number of hydrogen-bond donors (Lipinski definition) is 3. The highest BCUT2D eigenvalue weighted by Crippen LogP contribution is 2.31. The molecule has 0 saturated heterocycles. The summed E-state index contributed by atoms with van der Waals surface area (Å²) in [7, 11) is 0. The summed E-state index contributed by atoms with van der Waals surface area (Å²) in [6.45, 7) is 5.68. The molecule has 128 valence electrons. The number of alkyl carbamates (subject to hydrolysis) is 1. The number of hydrogen-bond acceptors (Lipinski definition) is 4. The smallest absolute Gasteiger partial charge is 0.407 e. The van der Waals surface area contributed by atoms with Crippen LogP contribution in [0.3, 0.4) is 0 Å². The van der Waals surface area contributed by atoms with E-state index in [0.29, 0.717) is 18.7 Å². The van der Waals surface area contributed by atoms with Crippen molar-refractivity contribution >= 4 is 46.6 Å². The predicted octanol–water partition coefficient (Wildman–Crippen LogP) is 3.82. The molecule has 1 aromatic carbocycles. The largest absolute Gasteiger partial charge is 0.444 e. The standard InChI is InChI=1S/C15H21Cl2N3O3/c1-15(2,3)23-14(22)19-6-4-5-12(21)20-9-7-10(16)13(18)11(17)8-9/h7-8H,4-6,18H2,1-3H3,(H,19,22)(H,20,21). The summed E-state index contributed by atoms with van der Waals surface area (Å²) >= 11 is 11.8. The molecular weight excluding hydrogens is 341 g/mol. The number of nitrogens with one attached hydrogen (secondary N) is 2. The second-order valence-electron chi connectivity index (χ2n) is 5.93. The van der Waals surface area contributed by atoms with E-state index < -0.39 is 11.7 Å². The zero-order valence-corrected chi connectivity index (χ0v) is 14.8. The van der Waals surface area contributed by atoms with Gasteiger partial charge in [-0.1, -0.05) is 23.2 Å². The molecule has 0 radical (unpaired) electrons. The Kier molecular flexibility index (Phi) is 6.97. The quantitative estimate of drug-likeness (QED) is 0.548. The highest BCUT2D eigenvalue weighted by atomic mass is 35.5. The van der Waals surface area contributed by atoms with Gasteiger partial charge in [-0.05, 0) is 39.3 Å². The molecule has 0 fully saturated rings. The molecule has 0 aliphatic carbocycles. The van der Waals surface area contributed by atoms with Crippen molar-refractivity contribution in [3.8, 4) is 0 Å². The van der Waals surface area contributed by atoms with Crippen LogP contribution in [0.5, 0.6) is 0 Å². The van der Waals surface area contributed by atoms with Crippen molar-refractivity contribution in [2.24, 2.45) is 0 Å². The molecule has 0 unspecified atom stereocenters. The minimum Gasteiger partial charge on any atom is -0.444 e. The number of amides is 2. The average Bonchev–Trinajstić information content (AvgIpc) is 2.39. The molecule has 0 heterocycles. The Labute approximate surface area is 145 Å². The third kappa shape index (κ3) is 7.43. The topological polar surface area (TPSA) is 93.4 Å². The highest BCUT2D eigenvalue weighted by molar-refractivity contribution is 6.39. The molecule has 0 aliphatic heterocycles. The van der Waals surface area contributed by atoms with Crippen molar-refractivity contribution in [1.29, 1.82) is 0 Å². The summed E-state index contributed by atoms with van der Waals surface area (Å²) in [6.07, 6.45) is 0.201. The van der Waals surface area contributed by atoms with Crippen LogP contribution in [-0.4, -0.2) is 24.1 Å². The number of halogens is 2. The fourth-order valence-electron chi connectivity index (χ4n) is 1.63. The van der Waals surface area contributed by atoms with Gasteiger partial charge in [-0.3, -0.25) is 4.79 Å². The first kappa shape index (κ1) is 19.4. The Morgan fingerprint density at radius 3 is 2.30 bits per heavy atom. The Morgan fingerprint density at radius 1 is 1.22 bits per heavy atom. The molecule has 8 heteroatoms. The third-order valence-electron chi connectivity index (χ3n) is 2.61. The molecule has 0 bridgehead atoms. The molecule has 4 N–H and O–H groups in total. The summed E-state index contributed by atoms with van der Waals surface area (Å²) in [5.74, 6) is -0.215. The molecule has 0 atom stereocenters. The van der Waals surface area contributed by atoms with Gasteiger partial charge in [0, 0.05) is 18.7 Å². The summed E-state index contributed by atoms with van der Waals surface area (Å²) in [5.41, 5.74) is 5.82. The first-order chi connectivity index (χ1) is 10.6. The third-order valence-corrected chi connectivity index (χ3v) is 3.24. The predicted molar refractivity (Wildman–Crippen MR) is 93.0 cm³/mol. The molecule has 2 amide bonds. The maximum Gasteiger partial charge on any atom is 0.407 e. The van der Waals surface area contributed by atoms with E-state index in [2.05, 4.69) is 10.6 Å². The Bertz CT molecular complexity index is 563. The Morgan fingerprint density at radius 2 is 1.78 bits per heavy atom. The number of carbonyl (C=O) groups is 2. The van der Waals surface area contributed by atoms with Crippen LogP contribution in [0.4, 0.5) is 16.2 Å². The van der Waals surface area contributed by atoms with Gasteiger partial charge >= 0.3 is 6.09 Å². The second-order valence-corrected chi connectivity index (χ2v) is 6.75. The summed E-state index contributed by atoms with van der Waals surface area (Å²) in [5, 5.41) is 5.81. The van der Waals surface area contributed by atoms with E-state index in [4.69, 9.17) is 33.7 Å². The van der Waals surface area contributed by atoms with E-state index in [9.17, 15) is 9.59 Å². The van der Waals surface area contributed by atoms with Crippen molar-refractivity contribution in [3.05, 3.63) is 22.2 Å². The van der Waals surface area contributed by atoms with E-state index >= 15 is 0 Å². The Balaban J connectivity index is 2.34. The van der Waals surface area contributed by atoms with Gasteiger partial charge in [-0.15, -0.1) is 0 Å². The summed E-state index contributed by atoms with van der Waals surface area (Å²) in [6, 6.07) is 3.05. The fraction of sp³-hybridized carbons (Fsp3) is 0.467. The van der Waals surface area contributed by atoms with Crippen LogP contribution >= 0.6 is 23.2 Å². The number of rotatable bonds is 5. The molecule has 0 spiro atoms. The average molecular weight is 362 g/mol. The lowest BCUT2D eigenvalue weighted by atomic mass is 10.2. The van der Waals surface area contributed by atoms with Gasteiger partial charge in [0.05, 0.1) is 15.7 Å². The Hall–Kier alpha value is -1.66. The zero-order valence-electron chi connectivity index (χ0n) is 13.3. The SMILES string of the molecule is CC(C)(C)OC(=O)NCCCC(=O)Nc1cc(Cl)c(N)c(Cl)c1. The van der Waals surface area contributed by atoms with Crippen molar-refractivity contribution in [1.82, 2.24) is 5.32 Å². The minimum atomic E-state index is -0.546. The highest BCUT2D eigenvalue weighted by Gasteiger charge is 2.15. The van der Waals surface area contributed by atoms with E-state index in [1.165, 1.54) is 12.1 Å². The normalized spacial score (nSPS) is 11.0. The van der Waals surface area contributed by atoms with Crippen LogP contribution in [0.15, 0.2) is 12.1 Å². The van der Waals surface area contributed by atoms with E-state index in [0.717, 1.165) is 0 Å². The summed E-state index contributed by atoms with van der Waals surface area (Å²) < 4.78 is 5.09. The first-order valence-electron chi connectivity index (χ1n) is 7.09.